The zero-order chi connectivity index (χ0) is 12.5. The van der Waals surface area contributed by atoms with Crippen LogP contribution in [-0.4, -0.2) is 16.2 Å². The average molecular weight is 300 g/mol. The topological polar surface area (TPSA) is 57.8 Å². The van der Waals surface area contributed by atoms with Crippen LogP contribution in [-0.2, 0) is 0 Å². The summed E-state index contributed by atoms with van der Waals surface area (Å²) in [5.41, 5.74) is 0.859. The van der Waals surface area contributed by atoms with Crippen molar-refractivity contribution in [2.24, 2.45) is 5.41 Å². The van der Waals surface area contributed by atoms with E-state index in [0.29, 0.717) is 10.5 Å². The quantitative estimate of drug-likeness (QED) is 0.883. The van der Waals surface area contributed by atoms with Crippen molar-refractivity contribution in [2.75, 3.05) is 5.32 Å². The van der Waals surface area contributed by atoms with Crippen LogP contribution in [0.1, 0.15) is 39.5 Å². The van der Waals surface area contributed by atoms with Crippen LogP contribution >= 0.6 is 15.9 Å². The lowest BCUT2D eigenvalue weighted by atomic mass is 9.73. The van der Waals surface area contributed by atoms with E-state index in [1.54, 1.807) is 6.20 Å². The maximum absolute atomic E-state index is 11.4. The highest BCUT2D eigenvalue weighted by Gasteiger charge is 2.32. The van der Waals surface area contributed by atoms with Crippen molar-refractivity contribution < 1.29 is 0 Å². The first-order valence-electron chi connectivity index (χ1n) is 6.00. The first-order chi connectivity index (χ1) is 8.00. The van der Waals surface area contributed by atoms with Crippen molar-refractivity contribution in [2.45, 2.75) is 45.6 Å². The second kappa shape index (κ2) is 4.80. The minimum absolute atomic E-state index is 0.191. The molecule has 0 bridgehead atoms. The molecule has 1 fully saturated rings. The molecular formula is C12H18BrN3O. The number of nitrogens with zero attached hydrogens (tertiary/aromatic N) is 1. The van der Waals surface area contributed by atoms with Crippen LogP contribution < -0.4 is 10.9 Å². The predicted octanol–water partition coefficient (Wildman–Crippen LogP) is 2.91. The lowest BCUT2D eigenvalue weighted by Gasteiger charge is -2.39. The van der Waals surface area contributed by atoms with Crippen molar-refractivity contribution in [1.82, 2.24) is 10.2 Å². The van der Waals surface area contributed by atoms with E-state index in [2.05, 4.69) is 45.3 Å². The number of H-pyrrole nitrogens is 1. The van der Waals surface area contributed by atoms with E-state index in [4.69, 9.17) is 0 Å². The van der Waals surface area contributed by atoms with E-state index in [1.165, 1.54) is 19.3 Å². The molecule has 0 saturated heterocycles. The van der Waals surface area contributed by atoms with Crippen LogP contribution in [0, 0.1) is 5.41 Å². The molecule has 5 heteroatoms. The van der Waals surface area contributed by atoms with E-state index < -0.39 is 0 Å². The molecule has 2 rings (SSSR count). The second-order valence-corrected chi connectivity index (χ2v) is 6.15. The Labute approximate surface area is 109 Å². The summed E-state index contributed by atoms with van der Waals surface area (Å²) in [6.07, 6.45) is 6.57. The van der Waals surface area contributed by atoms with Gasteiger partial charge in [-0.15, -0.1) is 0 Å². The average Bonchev–Trinajstić information content (AvgIpc) is 2.27. The van der Waals surface area contributed by atoms with Gasteiger partial charge >= 0.3 is 0 Å². The minimum atomic E-state index is -0.191. The summed E-state index contributed by atoms with van der Waals surface area (Å²) in [6.45, 7) is 4.55. The molecule has 1 aliphatic carbocycles. The minimum Gasteiger partial charge on any atom is -0.379 e. The molecule has 17 heavy (non-hydrogen) atoms. The number of halogens is 1. The highest BCUT2D eigenvalue weighted by atomic mass is 79.9. The number of aromatic nitrogens is 2. The van der Waals surface area contributed by atoms with Crippen LogP contribution in [0.4, 0.5) is 5.69 Å². The molecule has 1 aromatic rings. The van der Waals surface area contributed by atoms with E-state index >= 15 is 0 Å². The van der Waals surface area contributed by atoms with E-state index in [9.17, 15) is 4.79 Å². The molecule has 4 nitrogen and oxygen atoms in total. The molecule has 1 aromatic heterocycles. The van der Waals surface area contributed by atoms with Gasteiger partial charge in [0.1, 0.15) is 4.47 Å². The van der Waals surface area contributed by atoms with E-state index in [1.807, 2.05) is 0 Å². The molecule has 1 heterocycles. The summed E-state index contributed by atoms with van der Waals surface area (Å²) in [4.78, 5) is 11.4. The highest BCUT2D eigenvalue weighted by Crippen LogP contribution is 2.37. The maximum Gasteiger partial charge on any atom is 0.280 e. The van der Waals surface area contributed by atoms with Crippen molar-refractivity contribution in [3.63, 3.8) is 0 Å². The maximum atomic E-state index is 11.4. The Kier molecular flexibility index (Phi) is 3.56. The highest BCUT2D eigenvalue weighted by molar-refractivity contribution is 9.10. The van der Waals surface area contributed by atoms with Gasteiger partial charge in [-0.05, 0) is 34.2 Å². The lowest BCUT2D eigenvalue weighted by molar-refractivity contribution is 0.217. The lowest BCUT2D eigenvalue weighted by Crippen LogP contribution is -2.39. The Hall–Kier alpha value is -0.840. The zero-order valence-corrected chi connectivity index (χ0v) is 11.8. The standard InChI is InChI=1S/C12H18BrN3O/c1-12(2)6-4-3-5-9(12)15-8-7-14-16-11(17)10(8)13/h7,9H,3-6H2,1-2H3,(H2,15,16,17). The second-order valence-electron chi connectivity index (χ2n) is 5.36. The largest absolute Gasteiger partial charge is 0.379 e. The van der Waals surface area contributed by atoms with Crippen molar-refractivity contribution >= 4 is 21.6 Å². The summed E-state index contributed by atoms with van der Waals surface area (Å²) in [6, 6.07) is 0.399. The number of hydrogen-bond acceptors (Lipinski definition) is 3. The molecule has 0 spiro atoms. The fraction of sp³-hybridized carbons (Fsp3) is 0.667. The third kappa shape index (κ3) is 2.70. The van der Waals surface area contributed by atoms with E-state index in [0.717, 1.165) is 12.1 Å². The van der Waals surface area contributed by atoms with Crippen LogP contribution in [0.15, 0.2) is 15.5 Å². The SMILES string of the molecule is CC1(C)CCCCC1Nc1cn[nH]c(=O)c1Br. The Balaban J connectivity index is 2.20. The molecule has 1 saturated carbocycles. The van der Waals surface area contributed by atoms with Crippen molar-refractivity contribution in [3.05, 3.63) is 21.0 Å². The molecule has 1 aliphatic rings. The van der Waals surface area contributed by atoms with Gasteiger partial charge < -0.3 is 5.32 Å². The molecule has 0 radical (unpaired) electrons. The van der Waals surface area contributed by atoms with E-state index in [-0.39, 0.29) is 11.0 Å². The van der Waals surface area contributed by atoms with Crippen molar-refractivity contribution in [3.8, 4) is 0 Å². The molecular weight excluding hydrogens is 282 g/mol. The van der Waals surface area contributed by atoms with Gasteiger partial charge in [-0.3, -0.25) is 4.79 Å². The molecule has 1 unspecified atom stereocenters. The van der Waals surface area contributed by atoms with Gasteiger partial charge in [-0.25, -0.2) is 5.10 Å². The number of nitrogens with one attached hydrogen (secondary N) is 2. The first kappa shape index (κ1) is 12.6. The van der Waals surface area contributed by atoms with Gasteiger partial charge in [0.25, 0.3) is 5.56 Å². The third-order valence-corrected chi connectivity index (χ3v) is 4.42. The fourth-order valence-corrected chi connectivity index (χ4v) is 2.74. The molecule has 1 atom stereocenters. The number of hydrogen-bond donors (Lipinski definition) is 2. The summed E-state index contributed by atoms with van der Waals surface area (Å²) < 4.78 is 0.536. The van der Waals surface area contributed by atoms with Gasteiger partial charge in [0.05, 0.1) is 11.9 Å². The Morgan fingerprint density at radius 1 is 1.53 bits per heavy atom. The third-order valence-electron chi connectivity index (χ3n) is 3.63. The van der Waals surface area contributed by atoms with Crippen LogP contribution in [0.3, 0.4) is 0 Å². The van der Waals surface area contributed by atoms with Gasteiger partial charge in [-0.1, -0.05) is 26.7 Å². The van der Waals surface area contributed by atoms with Gasteiger partial charge in [-0.2, -0.15) is 5.10 Å². The van der Waals surface area contributed by atoms with Crippen molar-refractivity contribution in [1.29, 1.82) is 0 Å². The molecule has 0 aliphatic heterocycles. The summed E-state index contributed by atoms with van der Waals surface area (Å²) in [5.74, 6) is 0. The van der Waals surface area contributed by atoms with Gasteiger partial charge in [0.15, 0.2) is 0 Å². The smallest absolute Gasteiger partial charge is 0.280 e. The molecule has 2 N–H and O–H groups in total. The molecule has 94 valence electrons. The summed E-state index contributed by atoms with van der Waals surface area (Å²) >= 11 is 3.30. The Bertz CT molecular complexity index is 455. The summed E-state index contributed by atoms with van der Waals surface area (Å²) in [7, 11) is 0. The van der Waals surface area contributed by atoms with Crippen LogP contribution in [0.2, 0.25) is 0 Å². The normalized spacial score (nSPS) is 23.4. The number of anilines is 1. The molecule has 0 amide bonds. The first-order valence-corrected chi connectivity index (χ1v) is 6.80. The van der Waals surface area contributed by atoms with Crippen LogP contribution in [0.25, 0.3) is 0 Å². The summed E-state index contributed by atoms with van der Waals surface area (Å²) in [5, 5.41) is 9.68. The predicted molar refractivity (Wildman–Crippen MR) is 72.2 cm³/mol. The number of rotatable bonds is 2. The Morgan fingerprint density at radius 2 is 2.29 bits per heavy atom. The monoisotopic (exact) mass is 299 g/mol. The molecule has 0 aromatic carbocycles. The van der Waals surface area contributed by atoms with Crippen LogP contribution in [0.5, 0.6) is 0 Å². The Morgan fingerprint density at radius 3 is 3.00 bits per heavy atom. The van der Waals surface area contributed by atoms with Gasteiger partial charge in [0, 0.05) is 6.04 Å². The fourth-order valence-electron chi connectivity index (χ4n) is 2.43. The van der Waals surface area contributed by atoms with Gasteiger partial charge in [0.2, 0.25) is 0 Å². The number of aromatic amines is 1. The zero-order valence-electron chi connectivity index (χ0n) is 10.2.